The van der Waals surface area contributed by atoms with Gasteiger partial charge in [0.1, 0.15) is 0 Å². The van der Waals surface area contributed by atoms with Gasteiger partial charge in [-0.3, -0.25) is 0 Å². The van der Waals surface area contributed by atoms with Crippen LogP contribution in [0.2, 0.25) is 0 Å². The summed E-state index contributed by atoms with van der Waals surface area (Å²) >= 11 is 0. The molecule has 0 aliphatic heterocycles. The molecular weight excluding hydrogens is 146 g/mol. The summed E-state index contributed by atoms with van der Waals surface area (Å²) in [5.41, 5.74) is 0. The van der Waals surface area contributed by atoms with Crippen molar-refractivity contribution >= 4 is 6.98 Å². The molecule has 0 fully saturated rings. The minimum atomic E-state index is -4.76. The van der Waals surface area contributed by atoms with E-state index in [1.807, 2.05) is 0 Å². The second-order valence-electron chi connectivity index (χ2n) is 2.20. The predicted octanol–water partition coefficient (Wildman–Crippen LogP) is 0.343. The van der Waals surface area contributed by atoms with Gasteiger partial charge in [-0.1, -0.05) is 0 Å². The minimum absolute atomic E-state index is 0.272. The molecule has 10 heavy (non-hydrogen) atoms. The largest absolute Gasteiger partial charge is 0.491 e. The van der Waals surface area contributed by atoms with Crippen LogP contribution >= 0.6 is 0 Å². The van der Waals surface area contributed by atoms with Gasteiger partial charge in [-0.2, -0.15) is 0 Å². The molecular formula is C4H10BF3NO-. The summed E-state index contributed by atoms with van der Waals surface area (Å²) in [7, 11) is 0. The monoisotopic (exact) mass is 156 g/mol. The Hall–Kier alpha value is -0.225. The second-order valence-corrected chi connectivity index (χ2v) is 2.20. The van der Waals surface area contributed by atoms with Crippen molar-refractivity contribution in [3.8, 4) is 0 Å². The predicted molar refractivity (Wildman–Crippen MR) is 33.6 cm³/mol. The zero-order valence-electron chi connectivity index (χ0n) is 5.65. The maximum absolute atomic E-state index is 11.5. The van der Waals surface area contributed by atoms with E-state index in [0.29, 0.717) is 0 Å². The van der Waals surface area contributed by atoms with Crippen LogP contribution in [0, 0.1) is 0 Å². The maximum Gasteiger partial charge on any atom is 0.491 e. The van der Waals surface area contributed by atoms with Crippen LogP contribution in [0.3, 0.4) is 0 Å². The van der Waals surface area contributed by atoms with Gasteiger partial charge < -0.3 is 23.4 Å². The van der Waals surface area contributed by atoms with Crippen LogP contribution in [0.1, 0.15) is 6.92 Å². The molecule has 0 aromatic heterocycles. The highest BCUT2D eigenvalue weighted by Gasteiger charge is 2.22. The Morgan fingerprint density at radius 3 is 2.30 bits per heavy atom. The SMILES string of the molecule is CC(CO)NC[B-](F)(F)F. The van der Waals surface area contributed by atoms with Gasteiger partial charge in [0, 0.05) is 6.04 Å². The topological polar surface area (TPSA) is 32.3 Å². The van der Waals surface area contributed by atoms with Crippen LogP contribution in [0.25, 0.3) is 0 Å². The molecule has 0 radical (unpaired) electrons. The Labute approximate surface area is 57.5 Å². The molecule has 0 heterocycles. The molecule has 1 atom stereocenters. The van der Waals surface area contributed by atoms with E-state index < -0.39 is 19.5 Å². The average Bonchev–Trinajstić information content (AvgIpc) is 1.81. The molecule has 62 valence electrons. The van der Waals surface area contributed by atoms with Gasteiger partial charge in [0.2, 0.25) is 0 Å². The molecule has 0 aromatic rings. The number of nitrogens with one attached hydrogen (secondary N) is 1. The number of hydrogen-bond acceptors (Lipinski definition) is 2. The van der Waals surface area contributed by atoms with Crippen molar-refractivity contribution in [3.63, 3.8) is 0 Å². The third kappa shape index (κ3) is 5.90. The van der Waals surface area contributed by atoms with Gasteiger partial charge in [0.25, 0.3) is 0 Å². The van der Waals surface area contributed by atoms with E-state index in [0.717, 1.165) is 0 Å². The van der Waals surface area contributed by atoms with Crippen molar-refractivity contribution in [2.45, 2.75) is 13.0 Å². The van der Waals surface area contributed by atoms with Crippen LogP contribution < -0.4 is 5.32 Å². The fourth-order valence-electron chi connectivity index (χ4n) is 0.399. The Balaban J connectivity index is 3.36. The average molecular weight is 156 g/mol. The molecule has 2 nitrogen and oxygen atoms in total. The summed E-state index contributed by atoms with van der Waals surface area (Å²) in [5.74, 6) is 0. The van der Waals surface area contributed by atoms with E-state index in [1.165, 1.54) is 6.92 Å². The molecule has 0 rings (SSSR count). The van der Waals surface area contributed by atoms with E-state index in [1.54, 1.807) is 0 Å². The Bertz CT molecular complexity index is 97.0. The first-order valence-corrected chi connectivity index (χ1v) is 3.01. The lowest BCUT2D eigenvalue weighted by Crippen LogP contribution is -2.40. The first-order valence-electron chi connectivity index (χ1n) is 3.01. The van der Waals surface area contributed by atoms with Gasteiger partial charge in [0.15, 0.2) is 0 Å². The van der Waals surface area contributed by atoms with Crippen LogP contribution in [-0.2, 0) is 0 Å². The summed E-state index contributed by atoms with van der Waals surface area (Å²) in [5, 5.41) is 10.4. The van der Waals surface area contributed by atoms with E-state index in [9.17, 15) is 12.9 Å². The summed E-state index contributed by atoms with van der Waals surface area (Å²) in [6.07, 6.45) is -0.984. The molecule has 0 bridgehead atoms. The standard InChI is InChI=1S/C4H10BF3NO/c1-4(2-10)9-3-5(6,7)8/h4,9-10H,2-3H2,1H3/q-1. The molecule has 0 aliphatic rings. The Kier molecular flexibility index (Phi) is 3.74. The highest BCUT2D eigenvalue weighted by atomic mass is 19.4. The van der Waals surface area contributed by atoms with Crippen molar-refractivity contribution in [1.29, 1.82) is 0 Å². The van der Waals surface area contributed by atoms with Gasteiger partial charge in [-0.15, -0.1) is 0 Å². The van der Waals surface area contributed by atoms with E-state index in [-0.39, 0.29) is 6.61 Å². The zero-order chi connectivity index (χ0) is 8.20. The highest BCUT2D eigenvalue weighted by molar-refractivity contribution is 6.58. The molecule has 0 aliphatic carbocycles. The van der Waals surface area contributed by atoms with Crippen molar-refractivity contribution in [2.24, 2.45) is 0 Å². The number of aliphatic hydroxyl groups excluding tert-OH is 1. The fraction of sp³-hybridized carbons (Fsp3) is 1.00. The molecule has 0 spiro atoms. The van der Waals surface area contributed by atoms with Crippen LogP contribution in [0.4, 0.5) is 12.9 Å². The lowest BCUT2D eigenvalue weighted by Gasteiger charge is -2.17. The molecule has 6 heteroatoms. The molecule has 0 amide bonds. The maximum atomic E-state index is 11.5. The van der Waals surface area contributed by atoms with Crippen molar-refractivity contribution in [3.05, 3.63) is 0 Å². The van der Waals surface area contributed by atoms with Gasteiger partial charge in [0.05, 0.1) is 6.61 Å². The number of hydrogen-bond donors (Lipinski definition) is 2. The van der Waals surface area contributed by atoms with Crippen molar-refractivity contribution in [2.75, 3.05) is 13.1 Å². The molecule has 0 saturated heterocycles. The zero-order valence-corrected chi connectivity index (χ0v) is 5.65. The quantitative estimate of drug-likeness (QED) is 0.575. The Morgan fingerprint density at radius 2 is 2.00 bits per heavy atom. The fourth-order valence-corrected chi connectivity index (χ4v) is 0.399. The third-order valence-electron chi connectivity index (χ3n) is 0.972. The van der Waals surface area contributed by atoms with Crippen LogP contribution in [0.5, 0.6) is 0 Å². The molecule has 2 N–H and O–H groups in total. The minimum Gasteiger partial charge on any atom is -0.448 e. The van der Waals surface area contributed by atoms with Gasteiger partial charge in [-0.05, 0) is 13.4 Å². The lowest BCUT2D eigenvalue weighted by atomic mass is 9.92. The van der Waals surface area contributed by atoms with Gasteiger partial charge in [-0.25, -0.2) is 0 Å². The second kappa shape index (κ2) is 3.83. The summed E-state index contributed by atoms with van der Waals surface area (Å²) in [6.45, 7) is -3.55. The first kappa shape index (κ1) is 9.77. The molecule has 0 aromatic carbocycles. The van der Waals surface area contributed by atoms with Crippen molar-refractivity contribution < 1.29 is 18.1 Å². The first-order chi connectivity index (χ1) is 4.45. The van der Waals surface area contributed by atoms with E-state index in [2.05, 4.69) is 5.32 Å². The summed E-state index contributed by atoms with van der Waals surface area (Å²) < 4.78 is 34.4. The van der Waals surface area contributed by atoms with E-state index >= 15 is 0 Å². The number of aliphatic hydroxyl groups is 1. The van der Waals surface area contributed by atoms with Crippen LogP contribution in [0.15, 0.2) is 0 Å². The highest BCUT2D eigenvalue weighted by Crippen LogP contribution is 2.05. The third-order valence-corrected chi connectivity index (χ3v) is 0.972. The number of rotatable bonds is 4. The van der Waals surface area contributed by atoms with E-state index in [4.69, 9.17) is 5.11 Å². The summed E-state index contributed by atoms with van der Waals surface area (Å²) in [6, 6.07) is -0.483. The smallest absolute Gasteiger partial charge is 0.448 e. The Morgan fingerprint density at radius 1 is 1.50 bits per heavy atom. The van der Waals surface area contributed by atoms with Crippen molar-refractivity contribution in [1.82, 2.24) is 5.32 Å². The molecule has 0 saturated carbocycles. The lowest BCUT2D eigenvalue weighted by molar-refractivity contribution is 0.253. The molecule has 1 unspecified atom stereocenters. The number of halogens is 3. The van der Waals surface area contributed by atoms with Gasteiger partial charge >= 0.3 is 6.98 Å². The normalized spacial score (nSPS) is 15.3. The van der Waals surface area contributed by atoms with Crippen LogP contribution in [-0.4, -0.2) is 31.2 Å². The summed E-state index contributed by atoms with van der Waals surface area (Å²) in [4.78, 5) is 0.